The molecule has 1 N–H and O–H groups in total. The summed E-state index contributed by atoms with van der Waals surface area (Å²) in [6, 6.07) is 13.6. The van der Waals surface area contributed by atoms with E-state index in [4.69, 9.17) is 4.74 Å². The zero-order chi connectivity index (χ0) is 21.3. The molecule has 156 valence electrons. The summed E-state index contributed by atoms with van der Waals surface area (Å²) in [5, 5.41) is 2.82. The normalized spacial score (nSPS) is 12.2. The molecule has 0 aliphatic rings. The van der Waals surface area contributed by atoms with Crippen LogP contribution in [0.1, 0.15) is 37.8 Å². The summed E-state index contributed by atoms with van der Waals surface area (Å²) in [5.41, 5.74) is 0.958. The molecular formula is C21H24FNO5S. The third-order valence-corrected chi connectivity index (χ3v) is 5.96. The smallest absolute Gasteiger partial charge is 0.307 e. The van der Waals surface area contributed by atoms with Crippen LogP contribution in [0.3, 0.4) is 0 Å². The first-order chi connectivity index (χ1) is 13.8. The Kier molecular flexibility index (Phi) is 8.33. The number of sulfone groups is 1. The molecule has 2 aromatic rings. The second-order valence-corrected chi connectivity index (χ2v) is 8.61. The van der Waals surface area contributed by atoms with Gasteiger partial charge in [-0.1, -0.05) is 43.7 Å². The predicted octanol–water partition coefficient (Wildman–Crippen LogP) is 3.19. The first-order valence-corrected chi connectivity index (χ1v) is 11.0. The summed E-state index contributed by atoms with van der Waals surface area (Å²) < 4.78 is 42.1. The predicted molar refractivity (Wildman–Crippen MR) is 106 cm³/mol. The average Bonchev–Trinajstić information content (AvgIpc) is 2.71. The molecule has 0 spiro atoms. The van der Waals surface area contributed by atoms with Gasteiger partial charge in [0.15, 0.2) is 16.4 Å². The Hall–Kier alpha value is -2.74. The molecule has 0 heterocycles. The van der Waals surface area contributed by atoms with Crippen molar-refractivity contribution < 1.29 is 27.1 Å². The van der Waals surface area contributed by atoms with Crippen molar-refractivity contribution in [1.29, 1.82) is 0 Å². The summed E-state index contributed by atoms with van der Waals surface area (Å²) in [6.45, 7) is 1.52. The van der Waals surface area contributed by atoms with Gasteiger partial charge in [0, 0.05) is 0 Å². The highest BCUT2D eigenvalue weighted by Gasteiger charge is 2.19. The van der Waals surface area contributed by atoms with Crippen LogP contribution in [0.15, 0.2) is 59.5 Å². The Morgan fingerprint density at radius 3 is 2.34 bits per heavy atom. The van der Waals surface area contributed by atoms with E-state index in [1.54, 1.807) is 0 Å². The van der Waals surface area contributed by atoms with Gasteiger partial charge in [0.1, 0.15) is 5.82 Å². The number of rotatable bonds is 10. The first-order valence-electron chi connectivity index (χ1n) is 9.30. The number of carbonyl (C=O) groups excluding carboxylic acids is 2. The van der Waals surface area contributed by atoms with Crippen molar-refractivity contribution in [1.82, 2.24) is 5.32 Å². The molecule has 2 rings (SSSR count). The molecule has 0 saturated carbocycles. The van der Waals surface area contributed by atoms with Gasteiger partial charge in [-0.25, -0.2) is 12.8 Å². The largest absolute Gasteiger partial charge is 0.456 e. The number of hydrogen-bond acceptors (Lipinski definition) is 5. The minimum atomic E-state index is -3.74. The number of ether oxygens (including phenoxy) is 1. The lowest BCUT2D eigenvalue weighted by Gasteiger charge is -2.18. The zero-order valence-corrected chi connectivity index (χ0v) is 17.0. The maximum absolute atomic E-state index is 12.9. The Morgan fingerprint density at radius 2 is 1.72 bits per heavy atom. The Morgan fingerprint density at radius 1 is 1.07 bits per heavy atom. The van der Waals surface area contributed by atoms with Gasteiger partial charge in [0.05, 0.1) is 23.1 Å². The monoisotopic (exact) mass is 421 g/mol. The molecule has 8 heteroatoms. The van der Waals surface area contributed by atoms with E-state index in [0.29, 0.717) is 0 Å². The third-order valence-electron chi connectivity index (χ3n) is 4.23. The zero-order valence-electron chi connectivity index (χ0n) is 16.1. The van der Waals surface area contributed by atoms with Crippen LogP contribution >= 0.6 is 0 Å². The van der Waals surface area contributed by atoms with Crippen LogP contribution in [-0.4, -0.2) is 32.7 Å². The molecule has 0 bridgehead atoms. The van der Waals surface area contributed by atoms with Crippen LogP contribution in [0.2, 0.25) is 0 Å². The van der Waals surface area contributed by atoms with Gasteiger partial charge in [-0.05, 0) is 36.2 Å². The van der Waals surface area contributed by atoms with Gasteiger partial charge in [-0.2, -0.15) is 0 Å². The van der Waals surface area contributed by atoms with E-state index >= 15 is 0 Å². The summed E-state index contributed by atoms with van der Waals surface area (Å²) in [5.74, 6) is -2.28. The Bertz CT molecular complexity index is 914. The van der Waals surface area contributed by atoms with E-state index in [1.165, 1.54) is 0 Å². The van der Waals surface area contributed by atoms with Gasteiger partial charge in [0.2, 0.25) is 0 Å². The maximum Gasteiger partial charge on any atom is 0.307 e. The highest BCUT2D eigenvalue weighted by atomic mass is 32.2. The quantitative estimate of drug-likeness (QED) is 0.470. The van der Waals surface area contributed by atoms with Crippen molar-refractivity contribution >= 4 is 21.7 Å². The number of nitrogens with one attached hydrogen (secondary N) is 1. The molecule has 6 nitrogen and oxygen atoms in total. The van der Waals surface area contributed by atoms with Crippen molar-refractivity contribution in [2.24, 2.45) is 0 Å². The van der Waals surface area contributed by atoms with Gasteiger partial charge in [-0.15, -0.1) is 0 Å². The topological polar surface area (TPSA) is 89.5 Å². The van der Waals surface area contributed by atoms with Crippen LogP contribution in [0, 0.1) is 5.82 Å². The van der Waals surface area contributed by atoms with E-state index in [2.05, 4.69) is 5.32 Å². The number of carbonyl (C=O) groups is 2. The van der Waals surface area contributed by atoms with E-state index in [-0.39, 0.29) is 10.9 Å². The minimum Gasteiger partial charge on any atom is -0.456 e. The fourth-order valence-electron chi connectivity index (χ4n) is 2.73. The second-order valence-electron chi connectivity index (χ2n) is 6.50. The molecule has 0 fully saturated rings. The fourth-order valence-corrected chi connectivity index (χ4v) is 3.95. The SMILES string of the molecule is CCC[C@H](NC(=O)COC(=O)CCS(=O)(=O)c1ccc(F)cc1)c1ccccc1. The highest BCUT2D eigenvalue weighted by molar-refractivity contribution is 7.91. The average molecular weight is 421 g/mol. The van der Waals surface area contributed by atoms with Gasteiger partial charge in [-0.3, -0.25) is 9.59 Å². The van der Waals surface area contributed by atoms with Gasteiger partial charge >= 0.3 is 5.97 Å². The standard InChI is InChI=1S/C21H24FNO5S/c1-2-6-19(16-7-4-3-5-8-16)23-20(24)15-28-21(25)13-14-29(26,27)18-11-9-17(22)10-12-18/h3-5,7-12,19H,2,6,13-15H2,1H3,(H,23,24)/t19-/m0/s1. The maximum atomic E-state index is 12.9. The summed E-state index contributed by atoms with van der Waals surface area (Å²) in [7, 11) is -3.74. The molecule has 0 radical (unpaired) electrons. The van der Waals surface area contributed by atoms with Crippen molar-refractivity contribution in [2.45, 2.75) is 37.1 Å². The number of benzene rings is 2. The van der Waals surface area contributed by atoms with E-state index < -0.39 is 46.3 Å². The van der Waals surface area contributed by atoms with Crippen LogP contribution in [0.25, 0.3) is 0 Å². The van der Waals surface area contributed by atoms with Crippen molar-refractivity contribution in [2.75, 3.05) is 12.4 Å². The second kappa shape index (κ2) is 10.7. The Balaban J connectivity index is 1.82. The Labute approximate surface area is 170 Å². The van der Waals surface area contributed by atoms with Crippen molar-refractivity contribution in [3.05, 3.63) is 66.0 Å². The molecule has 0 aliphatic carbocycles. The molecule has 0 aromatic heterocycles. The van der Waals surface area contributed by atoms with Crippen LogP contribution in [0.4, 0.5) is 4.39 Å². The molecule has 0 saturated heterocycles. The highest BCUT2D eigenvalue weighted by Crippen LogP contribution is 2.18. The van der Waals surface area contributed by atoms with E-state index in [0.717, 1.165) is 42.7 Å². The summed E-state index contributed by atoms with van der Waals surface area (Å²) >= 11 is 0. The molecule has 1 atom stereocenters. The molecule has 0 aliphatic heterocycles. The number of hydrogen-bond donors (Lipinski definition) is 1. The summed E-state index contributed by atoms with van der Waals surface area (Å²) in [6.07, 6.45) is 1.20. The molecule has 2 aromatic carbocycles. The van der Waals surface area contributed by atoms with Crippen LogP contribution in [0.5, 0.6) is 0 Å². The first kappa shape index (κ1) is 22.5. The molecule has 29 heavy (non-hydrogen) atoms. The van der Waals surface area contributed by atoms with Gasteiger partial charge in [0.25, 0.3) is 5.91 Å². The molecule has 1 amide bonds. The lowest BCUT2D eigenvalue weighted by atomic mass is 10.0. The van der Waals surface area contributed by atoms with Crippen molar-refractivity contribution in [3.63, 3.8) is 0 Å². The van der Waals surface area contributed by atoms with Crippen LogP contribution in [-0.2, 0) is 24.2 Å². The van der Waals surface area contributed by atoms with E-state index in [1.807, 2.05) is 37.3 Å². The molecular weight excluding hydrogens is 397 g/mol. The lowest BCUT2D eigenvalue weighted by molar-refractivity contribution is -0.148. The minimum absolute atomic E-state index is 0.0743. The number of esters is 1. The van der Waals surface area contributed by atoms with Gasteiger partial charge < -0.3 is 10.1 Å². The number of halogens is 1. The van der Waals surface area contributed by atoms with E-state index in [9.17, 15) is 22.4 Å². The number of amides is 1. The van der Waals surface area contributed by atoms with Crippen molar-refractivity contribution in [3.8, 4) is 0 Å². The van der Waals surface area contributed by atoms with Crippen LogP contribution < -0.4 is 5.32 Å². The lowest BCUT2D eigenvalue weighted by Crippen LogP contribution is -2.32. The third kappa shape index (κ3) is 7.30. The molecule has 0 unspecified atom stereocenters. The fraction of sp³-hybridized carbons (Fsp3) is 0.333. The summed E-state index contributed by atoms with van der Waals surface area (Å²) in [4.78, 5) is 23.9.